The lowest BCUT2D eigenvalue weighted by molar-refractivity contribution is -0.577. The minimum absolute atomic E-state index is 0.525. The van der Waals surface area contributed by atoms with Crippen molar-refractivity contribution < 1.29 is 23.9 Å². The van der Waals surface area contributed by atoms with Crippen LogP contribution in [0, 0.1) is 0 Å². The molecule has 0 unspecified atom stereocenters. The van der Waals surface area contributed by atoms with Crippen molar-refractivity contribution in [3.05, 3.63) is 102 Å². The van der Waals surface area contributed by atoms with Gasteiger partial charge in [-0.25, -0.2) is 9.67 Å². The van der Waals surface area contributed by atoms with E-state index >= 15 is 0 Å². The van der Waals surface area contributed by atoms with E-state index in [2.05, 4.69) is 41.0 Å². The van der Waals surface area contributed by atoms with Crippen LogP contribution in [0.15, 0.2) is 89.7 Å². The predicted octanol–water partition coefficient (Wildman–Crippen LogP) is 2.99. The normalized spacial score (nSPS) is 13.1. The van der Waals surface area contributed by atoms with Gasteiger partial charge in [0.15, 0.2) is 6.20 Å². The summed E-state index contributed by atoms with van der Waals surface area (Å²) in [6.45, 7) is 3.61. The van der Waals surface area contributed by atoms with Gasteiger partial charge in [0.1, 0.15) is 28.7 Å². The molecule has 0 amide bonds. The average molecular weight is 512 g/mol. The van der Waals surface area contributed by atoms with Gasteiger partial charge in [-0.1, -0.05) is 12.1 Å². The number of carbonyl (C=O) groups is 1. The van der Waals surface area contributed by atoms with Gasteiger partial charge in [0.25, 0.3) is 0 Å². The molecule has 194 valence electrons. The number of aromatic nitrogens is 3. The van der Waals surface area contributed by atoms with Gasteiger partial charge >= 0.3 is 0 Å². The van der Waals surface area contributed by atoms with E-state index in [1.54, 1.807) is 25.1 Å². The summed E-state index contributed by atoms with van der Waals surface area (Å²) in [5.74, 6) is 1.08. The van der Waals surface area contributed by atoms with Crippen molar-refractivity contribution in [2.45, 2.75) is 20.4 Å². The molecule has 2 aromatic carbocycles. The van der Waals surface area contributed by atoms with Crippen LogP contribution in [0.3, 0.4) is 0 Å². The Morgan fingerprint density at radius 2 is 1.63 bits per heavy atom. The Kier molecular flexibility index (Phi) is 7.86. The number of benzene rings is 2. The second-order valence-corrected chi connectivity index (χ2v) is 8.53. The fraction of sp³-hybridized carbons (Fsp3) is 0.172. The number of hydrogen-bond acceptors (Lipinski definition) is 7. The van der Waals surface area contributed by atoms with Gasteiger partial charge in [-0.05, 0) is 61.9 Å². The maximum Gasteiger partial charge on any atom is 0.237 e. The standard InChI is InChI=1S/C27H25N5O2.C2H4O2/c1-18-25(24-6-4-5-15-31(24)26(18)20-9-13-22(34-3)14-10-20)30-23-16-29-32(27(23)28)17-19-7-11-21(33-2)12-8-19;1-2(3)4/h4-16,28H,17H2,1-3H3;1H3,(H,3,4). The molecule has 9 heteroatoms. The molecule has 0 bridgehead atoms. The van der Waals surface area contributed by atoms with Gasteiger partial charge in [0, 0.05) is 23.7 Å². The summed E-state index contributed by atoms with van der Waals surface area (Å²) in [5.41, 5.74) is 13.3. The van der Waals surface area contributed by atoms with Crippen LogP contribution in [-0.2, 0) is 11.3 Å². The first kappa shape index (κ1) is 26.2. The minimum atomic E-state index is -1.08. The smallest absolute Gasteiger partial charge is 0.237 e. The minimum Gasteiger partial charge on any atom is -0.550 e. The van der Waals surface area contributed by atoms with Crippen molar-refractivity contribution in [3.63, 3.8) is 0 Å². The van der Waals surface area contributed by atoms with Crippen LogP contribution in [-0.4, -0.2) is 35.7 Å². The van der Waals surface area contributed by atoms with Crippen LogP contribution in [0.1, 0.15) is 30.7 Å². The van der Waals surface area contributed by atoms with E-state index in [1.165, 1.54) is 0 Å². The Morgan fingerprint density at radius 3 is 2.24 bits per heavy atom. The Hall–Kier alpha value is -4.92. The topological polar surface area (TPSA) is 119 Å². The highest BCUT2D eigenvalue weighted by molar-refractivity contribution is 6.17. The quantitative estimate of drug-likeness (QED) is 0.398. The molecule has 3 heterocycles. The Balaban J connectivity index is 0.000000786. The molecule has 9 nitrogen and oxygen atoms in total. The van der Waals surface area contributed by atoms with E-state index < -0.39 is 5.97 Å². The molecular weight excluding hydrogens is 482 g/mol. The fourth-order valence-electron chi connectivity index (χ4n) is 4.18. The number of aliphatic imine (C=N–C) groups is 1. The lowest BCUT2D eigenvalue weighted by Crippen LogP contribution is -2.34. The van der Waals surface area contributed by atoms with Crippen molar-refractivity contribution in [1.29, 1.82) is 0 Å². The van der Waals surface area contributed by atoms with Crippen LogP contribution in [0.2, 0.25) is 0 Å². The second-order valence-electron chi connectivity index (χ2n) is 8.53. The van der Waals surface area contributed by atoms with E-state index in [1.807, 2.05) is 48.5 Å². The van der Waals surface area contributed by atoms with Gasteiger partial charge in [-0.15, -0.1) is 0 Å². The number of allylic oxidation sites excluding steroid dienone is 1. The maximum absolute atomic E-state index is 8.89. The molecule has 2 N–H and O–H groups in total. The van der Waals surface area contributed by atoms with Crippen LogP contribution in [0.4, 0.5) is 11.5 Å². The molecule has 38 heavy (non-hydrogen) atoms. The summed E-state index contributed by atoms with van der Waals surface area (Å²) in [7, 11) is 3.32. The molecule has 0 spiro atoms. The molecule has 5 rings (SSSR count). The Labute approximate surface area is 221 Å². The summed E-state index contributed by atoms with van der Waals surface area (Å²) in [6.07, 6.45) is 3.77. The molecule has 2 aromatic heterocycles. The highest BCUT2D eigenvalue weighted by Gasteiger charge is 2.34. The number of anilines is 1. The summed E-state index contributed by atoms with van der Waals surface area (Å²) >= 11 is 0. The molecule has 0 radical (unpaired) electrons. The largest absolute Gasteiger partial charge is 0.550 e. The fourth-order valence-corrected chi connectivity index (χ4v) is 4.18. The number of carbonyl (C=O) groups excluding carboxylic acids is 1. The van der Waals surface area contributed by atoms with Crippen molar-refractivity contribution in [2.75, 3.05) is 20.0 Å². The van der Waals surface area contributed by atoms with Gasteiger partial charge in [-0.3, -0.25) is 0 Å². The first-order valence-electron chi connectivity index (χ1n) is 11.9. The van der Waals surface area contributed by atoms with Crippen LogP contribution >= 0.6 is 0 Å². The highest BCUT2D eigenvalue weighted by Crippen LogP contribution is 2.30. The third-order valence-corrected chi connectivity index (χ3v) is 6.00. The molecule has 0 atom stereocenters. The van der Waals surface area contributed by atoms with Crippen LogP contribution < -0.4 is 24.9 Å². The zero-order valence-corrected chi connectivity index (χ0v) is 21.7. The number of nitrogens with two attached hydrogens (primary N) is 1. The van der Waals surface area contributed by atoms with Crippen molar-refractivity contribution in [1.82, 2.24) is 9.78 Å². The van der Waals surface area contributed by atoms with Gasteiger partial charge in [0.05, 0.1) is 32.5 Å². The first-order valence-corrected chi connectivity index (χ1v) is 11.9. The van der Waals surface area contributed by atoms with Crippen molar-refractivity contribution in [2.24, 2.45) is 4.99 Å². The van der Waals surface area contributed by atoms with E-state index in [0.717, 1.165) is 52.2 Å². The van der Waals surface area contributed by atoms with Crippen molar-refractivity contribution >= 4 is 28.9 Å². The highest BCUT2D eigenvalue weighted by atomic mass is 16.5. The number of carboxylic acid groups (broad SMARTS) is 1. The molecular formula is C29H29N5O4. The van der Waals surface area contributed by atoms with E-state index in [9.17, 15) is 0 Å². The number of methoxy groups -OCH3 is 2. The predicted molar refractivity (Wildman–Crippen MR) is 143 cm³/mol. The SMILES string of the molecule is CC(=O)[O-].COc1ccc(Cn2ncc(N=C3C(C)=C(c4ccc(OC)cc4)[n+]4ccccc43)c2N)cc1. The summed E-state index contributed by atoms with van der Waals surface area (Å²) in [4.78, 5) is 13.9. The average Bonchev–Trinajstić information content (AvgIpc) is 3.40. The third kappa shape index (κ3) is 5.57. The Morgan fingerprint density at radius 1 is 1.03 bits per heavy atom. The number of pyridine rings is 1. The summed E-state index contributed by atoms with van der Waals surface area (Å²) < 4.78 is 14.5. The van der Waals surface area contributed by atoms with E-state index in [4.69, 9.17) is 30.1 Å². The lowest BCUT2D eigenvalue weighted by atomic mass is 10.1. The number of nitrogen functional groups attached to an aromatic ring is 1. The molecule has 0 saturated heterocycles. The zero-order valence-electron chi connectivity index (χ0n) is 21.7. The van der Waals surface area contributed by atoms with Crippen LogP contribution in [0.25, 0.3) is 5.70 Å². The number of carboxylic acids is 1. The number of aliphatic carboxylic acids is 1. The molecule has 4 aromatic rings. The maximum atomic E-state index is 8.89. The second kappa shape index (κ2) is 11.4. The number of fused-ring (bicyclic) bond motifs is 1. The number of nitrogens with zero attached hydrogens (tertiary/aromatic N) is 4. The summed E-state index contributed by atoms with van der Waals surface area (Å²) in [5, 5.41) is 13.4. The van der Waals surface area contributed by atoms with Gasteiger partial charge < -0.3 is 25.1 Å². The van der Waals surface area contributed by atoms with Gasteiger partial charge in [-0.2, -0.15) is 9.67 Å². The summed E-state index contributed by atoms with van der Waals surface area (Å²) in [6, 6.07) is 22.0. The first-order chi connectivity index (χ1) is 18.3. The molecule has 0 saturated carbocycles. The van der Waals surface area contributed by atoms with Gasteiger partial charge in [0.2, 0.25) is 11.4 Å². The zero-order chi connectivity index (χ0) is 27.2. The number of rotatable bonds is 6. The molecule has 1 aliphatic rings. The lowest BCUT2D eigenvalue weighted by Gasteiger charge is -2.06. The third-order valence-electron chi connectivity index (χ3n) is 6.00. The van der Waals surface area contributed by atoms with E-state index in [0.29, 0.717) is 18.1 Å². The van der Waals surface area contributed by atoms with Crippen molar-refractivity contribution in [3.8, 4) is 11.5 Å². The monoisotopic (exact) mass is 511 g/mol. The molecule has 1 aliphatic heterocycles. The van der Waals surface area contributed by atoms with E-state index in [-0.39, 0.29) is 0 Å². The number of ether oxygens (including phenoxy) is 2. The number of hydrogen-bond donors (Lipinski definition) is 1. The van der Waals surface area contributed by atoms with Crippen LogP contribution in [0.5, 0.6) is 11.5 Å². The molecule has 0 aliphatic carbocycles. The molecule has 0 fully saturated rings. The Bertz CT molecular complexity index is 1500.